The van der Waals surface area contributed by atoms with Crippen molar-refractivity contribution >= 4 is 38.7 Å². The number of para-hydroxylation sites is 1. The van der Waals surface area contributed by atoms with E-state index in [0.29, 0.717) is 37.4 Å². The zero-order valence-corrected chi connectivity index (χ0v) is 29.4. The molecule has 2 amide bonds. The number of ether oxygens (including phenoxy) is 3. The number of aromatic nitrogens is 3. The fourth-order valence-corrected chi connectivity index (χ4v) is 5.62. The number of hydrogen-bond acceptors (Lipinski definition) is 9. The molecule has 0 aliphatic heterocycles. The molecular formula is C35H36F3N5O7S. The van der Waals surface area contributed by atoms with E-state index in [1.807, 2.05) is 49.4 Å². The van der Waals surface area contributed by atoms with Crippen molar-refractivity contribution < 1.29 is 37.0 Å². The first kappa shape index (κ1) is 38.2. The first-order valence-electron chi connectivity index (χ1n) is 15.5. The lowest BCUT2D eigenvalue weighted by molar-refractivity contribution is -0.148. The van der Waals surface area contributed by atoms with Gasteiger partial charge in [0, 0.05) is 32.8 Å². The fourth-order valence-electron chi connectivity index (χ4n) is 4.70. The lowest BCUT2D eigenvalue weighted by Gasteiger charge is -2.17. The summed E-state index contributed by atoms with van der Waals surface area (Å²) in [7, 11) is 5.53. The average molecular weight is 728 g/mol. The number of halogens is 3. The Morgan fingerprint density at radius 3 is 2.33 bits per heavy atom. The number of urea groups is 1. The van der Waals surface area contributed by atoms with Crippen molar-refractivity contribution in [2.24, 2.45) is 7.05 Å². The number of fused-ring (bicyclic) bond motifs is 1. The number of thiazole rings is 1. The predicted molar refractivity (Wildman–Crippen MR) is 187 cm³/mol. The van der Waals surface area contributed by atoms with E-state index >= 15 is 0 Å². The molecule has 12 nitrogen and oxygen atoms in total. The van der Waals surface area contributed by atoms with E-state index in [4.69, 9.17) is 14.2 Å². The maximum absolute atomic E-state index is 13.1. The number of nitrogens with one attached hydrogen (secondary N) is 1. The minimum Gasteiger partial charge on any atom is -0.489 e. The van der Waals surface area contributed by atoms with Crippen molar-refractivity contribution in [2.75, 3.05) is 26.1 Å². The van der Waals surface area contributed by atoms with Crippen LogP contribution in [-0.2, 0) is 35.8 Å². The molecule has 16 heteroatoms. The third-order valence-corrected chi connectivity index (χ3v) is 8.68. The first-order chi connectivity index (χ1) is 24.2. The van der Waals surface area contributed by atoms with Gasteiger partial charge in [-0.2, -0.15) is 13.2 Å². The molecule has 0 bridgehead atoms. The Kier molecular flexibility index (Phi) is 12.3. The van der Waals surface area contributed by atoms with Crippen molar-refractivity contribution in [1.82, 2.24) is 19.4 Å². The van der Waals surface area contributed by atoms with Crippen molar-refractivity contribution in [2.45, 2.75) is 39.2 Å². The number of carbonyl (C=O) groups excluding carboxylic acids is 2. The van der Waals surface area contributed by atoms with Crippen LogP contribution in [0.4, 0.5) is 23.1 Å². The van der Waals surface area contributed by atoms with Gasteiger partial charge < -0.3 is 19.5 Å². The highest BCUT2D eigenvalue weighted by Gasteiger charge is 2.35. The molecule has 0 aliphatic carbocycles. The highest BCUT2D eigenvalue weighted by atomic mass is 32.1. The standard InChI is InChI=1S/C25H25F3N2O6.C10H11N3OS/c1-5-16-6-7-17(20(12-16)36-15(2)23(32)34-4)14-35-19-10-8-18(9-11-19)30-22(31)13-21(25(26,27)28)29(3)24(30)33;1-11-9(14)13(2)10-12-7-5-3-4-6-8(7)15-10/h6-13,15H,5,14H2,1-4H3;3-6H,1-2H3,(H,11,14). The van der Waals surface area contributed by atoms with Gasteiger partial charge in [-0.3, -0.25) is 14.3 Å². The summed E-state index contributed by atoms with van der Waals surface area (Å²) >= 11 is 1.50. The Morgan fingerprint density at radius 2 is 1.73 bits per heavy atom. The summed E-state index contributed by atoms with van der Waals surface area (Å²) in [5.41, 5.74) is -0.878. The summed E-state index contributed by atoms with van der Waals surface area (Å²) in [5.74, 6) is 0.315. The third kappa shape index (κ3) is 9.13. The number of aryl methyl sites for hydroxylation is 1. The molecular weight excluding hydrogens is 691 g/mol. The molecule has 2 aromatic heterocycles. The molecule has 3 aromatic carbocycles. The number of alkyl halides is 3. The monoisotopic (exact) mass is 727 g/mol. The van der Waals surface area contributed by atoms with Crippen LogP contribution in [0.25, 0.3) is 15.9 Å². The molecule has 2 heterocycles. The zero-order chi connectivity index (χ0) is 37.5. The van der Waals surface area contributed by atoms with Gasteiger partial charge in [0.1, 0.15) is 23.8 Å². The van der Waals surface area contributed by atoms with Gasteiger partial charge in [-0.15, -0.1) is 0 Å². The molecule has 1 N–H and O–H groups in total. The summed E-state index contributed by atoms with van der Waals surface area (Å²) in [6.07, 6.45) is -4.91. The maximum atomic E-state index is 13.1. The van der Waals surface area contributed by atoms with Crippen LogP contribution in [0, 0.1) is 0 Å². The highest BCUT2D eigenvalue weighted by molar-refractivity contribution is 7.22. The number of esters is 1. The van der Waals surface area contributed by atoms with E-state index in [0.717, 1.165) is 29.2 Å². The predicted octanol–water partition coefficient (Wildman–Crippen LogP) is 5.71. The van der Waals surface area contributed by atoms with Gasteiger partial charge in [-0.05, 0) is 61.4 Å². The minimum absolute atomic E-state index is 0.0779. The molecule has 0 saturated carbocycles. The van der Waals surface area contributed by atoms with E-state index in [9.17, 15) is 32.3 Å². The Balaban J connectivity index is 0.000000322. The number of nitrogens with zero attached hydrogens (tertiary/aromatic N) is 4. The Hall–Kier alpha value is -5.64. The van der Waals surface area contributed by atoms with E-state index < -0.39 is 35.2 Å². The lowest BCUT2D eigenvalue weighted by Crippen LogP contribution is -2.40. The van der Waals surface area contributed by atoms with Crippen LogP contribution >= 0.6 is 11.3 Å². The van der Waals surface area contributed by atoms with Crippen LogP contribution in [0.2, 0.25) is 0 Å². The van der Waals surface area contributed by atoms with Crippen molar-refractivity contribution in [1.29, 1.82) is 0 Å². The van der Waals surface area contributed by atoms with Crippen LogP contribution in [0.15, 0.2) is 82.4 Å². The number of carbonyl (C=O) groups is 2. The fraction of sp³-hybridized carbons (Fsp3) is 0.286. The van der Waals surface area contributed by atoms with E-state index in [-0.39, 0.29) is 18.3 Å². The molecule has 0 radical (unpaired) electrons. The molecule has 1 unspecified atom stereocenters. The van der Waals surface area contributed by atoms with Crippen molar-refractivity contribution in [3.63, 3.8) is 0 Å². The molecule has 51 heavy (non-hydrogen) atoms. The minimum atomic E-state index is -4.84. The topological polar surface area (TPSA) is 134 Å². The van der Waals surface area contributed by atoms with Crippen LogP contribution in [0.1, 0.15) is 30.7 Å². The van der Waals surface area contributed by atoms with Gasteiger partial charge >= 0.3 is 23.9 Å². The molecule has 5 aromatic rings. The van der Waals surface area contributed by atoms with Crippen molar-refractivity contribution in [3.8, 4) is 17.2 Å². The van der Waals surface area contributed by atoms with Gasteiger partial charge in [0.05, 0.1) is 23.0 Å². The summed E-state index contributed by atoms with van der Waals surface area (Å²) in [5, 5.41) is 3.27. The number of rotatable bonds is 9. The smallest absolute Gasteiger partial charge is 0.431 e. The lowest BCUT2D eigenvalue weighted by atomic mass is 10.1. The number of anilines is 1. The van der Waals surface area contributed by atoms with E-state index in [2.05, 4.69) is 10.3 Å². The summed E-state index contributed by atoms with van der Waals surface area (Å²) in [6, 6.07) is 19.3. The summed E-state index contributed by atoms with van der Waals surface area (Å²) in [4.78, 5) is 53.7. The summed E-state index contributed by atoms with van der Waals surface area (Å²) in [6.45, 7) is 3.63. The van der Waals surface area contributed by atoms with Gasteiger partial charge in [-0.1, -0.05) is 42.5 Å². The van der Waals surface area contributed by atoms with Gasteiger partial charge in [0.25, 0.3) is 5.56 Å². The molecule has 0 aliphatic rings. The molecule has 0 saturated heterocycles. The molecule has 270 valence electrons. The second-order valence-electron chi connectivity index (χ2n) is 11.0. The van der Waals surface area contributed by atoms with E-state index in [1.165, 1.54) is 47.6 Å². The van der Waals surface area contributed by atoms with Crippen molar-refractivity contribution in [3.05, 3.63) is 110 Å². The number of amides is 2. The van der Waals surface area contributed by atoms with Crippen LogP contribution in [0.3, 0.4) is 0 Å². The Morgan fingerprint density at radius 1 is 1.04 bits per heavy atom. The Labute approximate surface area is 294 Å². The zero-order valence-electron chi connectivity index (χ0n) is 28.6. The Bertz CT molecular complexity index is 2090. The van der Waals surface area contributed by atoms with Gasteiger partial charge in [0.15, 0.2) is 11.2 Å². The summed E-state index contributed by atoms with van der Waals surface area (Å²) < 4.78 is 57.6. The first-order valence-corrected chi connectivity index (χ1v) is 16.3. The van der Waals surface area contributed by atoms with Crippen LogP contribution in [0.5, 0.6) is 11.5 Å². The largest absolute Gasteiger partial charge is 0.489 e. The van der Waals surface area contributed by atoms with Gasteiger partial charge in [0.2, 0.25) is 0 Å². The second kappa shape index (κ2) is 16.4. The van der Waals surface area contributed by atoms with Crippen LogP contribution < -0.4 is 30.9 Å². The number of benzene rings is 3. The quantitative estimate of drug-likeness (QED) is 0.191. The van der Waals surface area contributed by atoms with Crippen LogP contribution in [-0.4, -0.2) is 53.4 Å². The molecule has 1 atom stereocenters. The number of methoxy groups -OCH3 is 1. The normalized spacial score (nSPS) is 11.6. The highest BCUT2D eigenvalue weighted by Crippen LogP contribution is 2.29. The SMILES string of the molecule is CCc1ccc(COc2ccc(-n3c(=O)cc(C(F)(F)F)n(C)c3=O)cc2)c(OC(C)C(=O)OC)c1.CNC(=O)N(C)c1nc2ccccc2s1. The maximum Gasteiger partial charge on any atom is 0.431 e. The van der Waals surface area contributed by atoms with E-state index in [1.54, 1.807) is 21.0 Å². The molecule has 5 rings (SSSR count). The average Bonchev–Trinajstić information content (AvgIpc) is 3.56. The third-order valence-electron chi connectivity index (χ3n) is 7.56. The molecule has 0 spiro atoms. The second-order valence-corrected chi connectivity index (χ2v) is 12.0. The molecule has 0 fully saturated rings. The number of hydrogen-bond donors (Lipinski definition) is 1. The van der Waals surface area contributed by atoms with Gasteiger partial charge in [-0.25, -0.2) is 23.9 Å².